The molecule has 2 aromatic carbocycles. The van der Waals surface area contributed by atoms with Gasteiger partial charge in [0.15, 0.2) is 0 Å². The van der Waals surface area contributed by atoms with Crippen LogP contribution in [0, 0.1) is 13.8 Å². The lowest BCUT2D eigenvalue weighted by Crippen LogP contribution is -2.08. The van der Waals surface area contributed by atoms with E-state index >= 15 is 0 Å². The summed E-state index contributed by atoms with van der Waals surface area (Å²) >= 11 is 0. The van der Waals surface area contributed by atoms with Crippen LogP contribution in [0.5, 0.6) is 0 Å². The summed E-state index contributed by atoms with van der Waals surface area (Å²) in [6.07, 6.45) is 4.16. The lowest BCUT2D eigenvalue weighted by molar-refractivity contribution is 0.420. The van der Waals surface area contributed by atoms with Gasteiger partial charge in [-0.15, -0.1) is 0 Å². The Morgan fingerprint density at radius 2 is 1.39 bits per heavy atom. The van der Waals surface area contributed by atoms with E-state index in [1.807, 2.05) is 0 Å². The second-order valence-corrected chi connectivity index (χ2v) is 5.63. The second-order valence-electron chi connectivity index (χ2n) is 5.63. The topological polar surface area (TPSA) is 0 Å². The van der Waals surface area contributed by atoms with Crippen LogP contribution in [-0.4, -0.2) is 0 Å². The molecule has 18 heavy (non-hydrogen) atoms. The van der Waals surface area contributed by atoms with Gasteiger partial charge in [-0.05, 0) is 49.3 Å². The largest absolute Gasteiger partial charge is 0.0581 e. The lowest BCUT2D eigenvalue weighted by atomic mass is 9.80. The Morgan fingerprint density at radius 1 is 0.778 bits per heavy atom. The van der Waals surface area contributed by atoms with Crippen molar-refractivity contribution in [2.24, 2.45) is 0 Å². The van der Waals surface area contributed by atoms with E-state index < -0.39 is 0 Å². The Morgan fingerprint density at radius 3 is 1.89 bits per heavy atom. The van der Waals surface area contributed by atoms with E-state index in [0.29, 0.717) is 0 Å². The zero-order valence-corrected chi connectivity index (χ0v) is 11.2. The molecule has 2 aromatic rings. The smallest absolute Gasteiger partial charge is 0.0162 e. The van der Waals surface area contributed by atoms with Gasteiger partial charge in [-0.3, -0.25) is 0 Å². The Kier molecular flexibility index (Phi) is 2.95. The van der Waals surface area contributed by atoms with Gasteiger partial charge in [-0.1, -0.05) is 60.0 Å². The third-order valence-electron chi connectivity index (χ3n) is 4.04. The van der Waals surface area contributed by atoms with Crippen LogP contribution < -0.4 is 0 Å². The summed E-state index contributed by atoms with van der Waals surface area (Å²) in [5, 5.41) is 0. The van der Waals surface area contributed by atoms with Gasteiger partial charge in [-0.2, -0.15) is 0 Å². The van der Waals surface area contributed by atoms with Crippen molar-refractivity contribution in [1.82, 2.24) is 0 Å². The van der Waals surface area contributed by atoms with Crippen molar-refractivity contribution in [2.75, 3.05) is 0 Å². The second kappa shape index (κ2) is 4.61. The van der Waals surface area contributed by atoms with Gasteiger partial charge in [0.25, 0.3) is 0 Å². The van der Waals surface area contributed by atoms with Gasteiger partial charge in [-0.25, -0.2) is 0 Å². The molecule has 0 bridgehead atoms. The Hall–Kier alpha value is -1.56. The molecular weight excluding hydrogens is 216 g/mol. The van der Waals surface area contributed by atoms with E-state index in [0.717, 1.165) is 5.92 Å². The Balaban J connectivity index is 1.91. The van der Waals surface area contributed by atoms with Crippen molar-refractivity contribution >= 4 is 0 Å². The normalized spacial score (nSPS) is 15.4. The molecule has 0 unspecified atom stereocenters. The maximum absolute atomic E-state index is 2.32. The minimum absolute atomic E-state index is 0.832. The quantitative estimate of drug-likeness (QED) is 0.669. The molecule has 0 heteroatoms. The molecule has 0 aromatic heterocycles. The van der Waals surface area contributed by atoms with Crippen molar-refractivity contribution in [3.8, 4) is 11.1 Å². The highest BCUT2D eigenvalue weighted by molar-refractivity contribution is 5.65. The maximum Gasteiger partial charge on any atom is -0.0162 e. The number of hydrogen-bond donors (Lipinski definition) is 0. The van der Waals surface area contributed by atoms with E-state index in [2.05, 4.69) is 56.3 Å². The predicted octanol–water partition coefficient (Wildman–Crippen LogP) is 5.24. The van der Waals surface area contributed by atoms with Crippen LogP contribution in [-0.2, 0) is 0 Å². The summed E-state index contributed by atoms with van der Waals surface area (Å²) in [5.74, 6) is 0.832. The molecule has 3 rings (SSSR count). The first-order chi connectivity index (χ1) is 8.72. The fraction of sp³-hybridized carbons (Fsp3) is 0.333. The molecule has 0 heterocycles. The number of aryl methyl sites for hydroxylation is 2. The number of rotatable bonds is 2. The fourth-order valence-corrected chi connectivity index (χ4v) is 2.83. The van der Waals surface area contributed by atoms with E-state index in [4.69, 9.17) is 0 Å². The average Bonchev–Trinajstić information content (AvgIpc) is 2.26. The van der Waals surface area contributed by atoms with Gasteiger partial charge < -0.3 is 0 Å². The summed E-state index contributed by atoms with van der Waals surface area (Å²) in [4.78, 5) is 0. The number of benzene rings is 2. The summed E-state index contributed by atoms with van der Waals surface area (Å²) in [5.41, 5.74) is 6.88. The van der Waals surface area contributed by atoms with Crippen LogP contribution in [0.1, 0.15) is 41.9 Å². The highest BCUT2D eigenvalue weighted by atomic mass is 14.2. The van der Waals surface area contributed by atoms with Crippen LogP contribution in [0.25, 0.3) is 11.1 Å². The van der Waals surface area contributed by atoms with Crippen molar-refractivity contribution in [2.45, 2.75) is 39.0 Å². The van der Waals surface area contributed by atoms with Gasteiger partial charge in [0.1, 0.15) is 0 Å². The first-order valence-electron chi connectivity index (χ1n) is 6.91. The Labute approximate surface area is 110 Å². The lowest BCUT2D eigenvalue weighted by Gasteiger charge is -2.25. The van der Waals surface area contributed by atoms with E-state index in [1.165, 1.54) is 47.1 Å². The van der Waals surface area contributed by atoms with Gasteiger partial charge in [0, 0.05) is 0 Å². The molecule has 0 aliphatic heterocycles. The molecule has 0 amide bonds. The molecule has 1 aliphatic rings. The molecule has 1 fully saturated rings. The van der Waals surface area contributed by atoms with Gasteiger partial charge in [0.2, 0.25) is 0 Å². The molecule has 92 valence electrons. The average molecular weight is 236 g/mol. The summed E-state index contributed by atoms with van der Waals surface area (Å²) in [7, 11) is 0. The maximum atomic E-state index is 2.32. The number of hydrogen-bond acceptors (Lipinski definition) is 0. The molecule has 0 radical (unpaired) electrons. The zero-order chi connectivity index (χ0) is 12.5. The molecule has 1 saturated carbocycles. The monoisotopic (exact) mass is 236 g/mol. The zero-order valence-electron chi connectivity index (χ0n) is 11.2. The van der Waals surface area contributed by atoms with Crippen molar-refractivity contribution < 1.29 is 0 Å². The van der Waals surface area contributed by atoms with Crippen LogP contribution in [0.15, 0.2) is 42.5 Å². The summed E-state index contributed by atoms with van der Waals surface area (Å²) < 4.78 is 0. The molecule has 0 atom stereocenters. The van der Waals surface area contributed by atoms with Gasteiger partial charge in [0.05, 0.1) is 0 Å². The van der Waals surface area contributed by atoms with Crippen LogP contribution in [0.3, 0.4) is 0 Å². The molecular formula is C18H20. The minimum Gasteiger partial charge on any atom is -0.0581 e. The predicted molar refractivity (Wildman–Crippen MR) is 77.9 cm³/mol. The standard InChI is InChI=1S/C18H20/c1-13-10-14(2)12-18(11-13)17-8-6-16(7-9-17)15-4-3-5-15/h6-12,15H,3-5H2,1-2H3. The van der Waals surface area contributed by atoms with Crippen molar-refractivity contribution in [3.05, 3.63) is 59.2 Å². The Bertz CT molecular complexity index is 525. The third-order valence-corrected chi connectivity index (χ3v) is 4.04. The van der Waals surface area contributed by atoms with Crippen molar-refractivity contribution in [1.29, 1.82) is 0 Å². The fourth-order valence-electron chi connectivity index (χ4n) is 2.83. The molecule has 1 aliphatic carbocycles. The first kappa shape index (κ1) is 11.5. The van der Waals surface area contributed by atoms with E-state index in [1.54, 1.807) is 0 Å². The molecule has 0 spiro atoms. The van der Waals surface area contributed by atoms with Crippen LogP contribution in [0.4, 0.5) is 0 Å². The first-order valence-corrected chi connectivity index (χ1v) is 6.91. The van der Waals surface area contributed by atoms with Crippen LogP contribution >= 0.6 is 0 Å². The molecule has 0 saturated heterocycles. The molecule has 0 nitrogen and oxygen atoms in total. The van der Waals surface area contributed by atoms with Gasteiger partial charge >= 0.3 is 0 Å². The van der Waals surface area contributed by atoms with Crippen molar-refractivity contribution in [3.63, 3.8) is 0 Å². The molecule has 0 N–H and O–H groups in total. The van der Waals surface area contributed by atoms with E-state index in [-0.39, 0.29) is 0 Å². The SMILES string of the molecule is Cc1cc(C)cc(-c2ccc(C3CCC3)cc2)c1. The highest BCUT2D eigenvalue weighted by Crippen LogP contribution is 2.37. The highest BCUT2D eigenvalue weighted by Gasteiger charge is 2.18. The van der Waals surface area contributed by atoms with E-state index in [9.17, 15) is 0 Å². The van der Waals surface area contributed by atoms with Crippen LogP contribution in [0.2, 0.25) is 0 Å². The summed E-state index contributed by atoms with van der Waals surface area (Å²) in [6, 6.07) is 16.0. The summed E-state index contributed by atoms with van der Waals surface area (Å²) in [6.45, 7) is 4.33. The third kappa shape index (κ3) is 2.20. The minimum atomic E-state index is 0.832.